The van der Waals surface area contributed by atoms with Crippen molar-refractivity contribution in [1.82, 2.24) is 5.32 Å². The Hall–Kier alpha value is -2.80. The normalized spacial score (nSPS) is 10.9. The van der Waals surface area contributed by atoms with E-state index in [0.717, 1.165) is 17.7 Å². The molecule has 0 unspecified atom stereocenters. The molecule has 0 aliphatic carbocycles. The van der Waals surface area contributed by atoms with Crippen LogP contribution in [-0.2, 0) is 12.8 Å². The molecule has 0 saturated heterocycles. The predicted molar refractivity (Wildman–Crippen MR) is 92.6 cm³/mol. The minimum atomic E-state index is 0.628. The number of nitrogens with one attached hydrogen (secondary N) is 1. The van der Waals surface area contributed by atoms with Crippen molar-refractivity contribution in [2.75, 3.05) is 13.7 Å². The highest BCUT2D eigenvalue weighted by Gasteiger charge is 2.02. The third-order valence-corrected chi connectivity index (χ3v) is 3.53. The molecule has 2 aromatic carbocycles. The average Bonchev–Trinajstić information content (AvgIpc) is 2.57. The van der Waals surface area contributed by atoms with E-state index in [2.05, 4.69) is 47.6 Å². The minimum Gasteiger partial charge on any atom is -0.497 e. The summed E-state index contributed by atoms with van der Waals surface area (Å²) >= 11 is 0. The van der Waals surface area contributed by atoms with Crippen LogP contribution in [0.5, 0.6) is 5.75 Å². The maximum Gasteiger partial charge on any atom is 0.182 e. The first-order chi connectivity index (χ1) is 11.2. The molecule has 2 aromatic rings. The molecule has 0 fully saturated rings. The second-order valence-corrected chi connectivity index (χ2v) is 5.33. The van der Waals surface area contributed by atoms with Crippen molar-refractivity contribution in [3.8, 4) is 11.9 Å². The summed E-state index contributed by atoms with van der Waals surface area (Å²) in [6.45, 7) is 2.68. The molecule has 0 spiro atoms. The Labute approximate surface area is 137 Å². The zero-order chi connectivity index (χ0) is 16.5. The Morgan fingerprint density at radius 2 is 1.96 bits per heavy atom. The van der Waals surface area contributed by atoms with Crippen molar-refractivity contribution in [3.05, 3.63) is 65.2 Å². The average molecular weight is 307 g/mol. The minimum absolute atomic E-state index is 0.628. The Bertz CT molecular complexity index is 699. The van der Waals surface area contributed by atoms with Gasteiger partial charge in [-0.25, -0.2) is 0 Å². The van der Waals surface area contributed by atoms with Crippen molar-refractivity contribution in [1.29, 1.82) is 5.26 Å². The molecule has 0 aromatic heterocycles. The summed E-state index contributed by atoms with van der Waals surface area (Å²) in [6, 6.07) is 16.2. The first kappa shape index (κ1) is 16.6. The summed E-state index contributed by atoms with van der Waals surface area (Å²) in [5, 5.41) is 11.6. The molecule has 0 aliphatic heterocycles. The molecule has 1 N–H and O–H groups in total. The van der Waals surface area contributed by atoms with Crippen LogP contribution in [0.1, 0.15) is 16.7 Å². The largest absolute Gasteiger partial charge is 0.497 e. The second-order valence-electron chi connectivity index (χ2n) is 5.33. The number of hydrogen-bond donors (Lipinski definition) is 1. The number of rotatable bonds is 6. The summed E-state index contributed by atoms with van der Waals surface area (Å²) < 4.78 is 5.22. The highest BCUT2D eigenvalue weighted by molar-refractivity contribution is 5.85. The van der Waals surface area contributed by atoms with E-state index in [1.165, 1.54) is 11.1 Å². The molecular formula is C19H21N3O. The molecule has 0 heterocycles. The lowest BCUT2D eigenvalue weighted by Gasteiger charge is -2.06. The van der Waals surface area contributed by atoms with Gasteiger partial charge < -0.3 is 4.74 Å². The highest BCUT2D eigenvalue weighted by atomic mass is 16.5. The van der Waals surface area contributed by atoms with Gasteiger partial charge in [0.1, 0.15) is 11.6 Å². The van der Waals surface area contributed by atoms with Gasteiger partial charge in [0.05, 0.1) is 7.11 Å². The van der Waals surface area contributed by atoms with Gasteiger partial charge in [-0.3, -0.25) is 10.3 Å². The number of methoxy groups -OCH3 is 1. The van der Waals surface area contributed by atoms with Gasteiger partial charge in [-0.2, -0.15) is 5.26 Å². The van der Waals surface area contributed by atoms with E-state index in [9.17, 15) is 0 Å². The highest BCUT2D eigenvalue weighted by Crippen LogP contribution is 2.13. The second kappa shape index (κ2) is 8.60. The van der Waals surface area contributed by atoms with Crippen LogP contribution in [0.2, 0.25) is 0 Å². The van der Waals surface area contributed by atoms with Crippen LogP contribution in [0.4, 0.5) is 0 Å². The van der Waals surface area contributed by atoms with Gasteiger partial charge >= 0.3 is 0 Å². The SMILES string of the molecule is COc1cccc(CCN=C(Cc2ccc(C)cc2)NC#N)c1. The van der Waals surface area contributed by atoms with Gasteiger partial charge in [0.2, 0.25) is 0 Å². The summed E-state index contributed by atoms with van der Waals surface area (Å²) in [5.41, 5.74) is 3.52. The summed E-state index contributed by atoms with van der Waals surface area (Å²) in [7, 11) is 1.66. The fraction of sp³-hybridized carbons (Fsp3) is 0.263. The number of hydrogen-bond acceptors (Lipinski definition) is 3. The Kier molecular flexibility index (Phi) is 6.19. The fourth-order valence-corrected chi connectivity index (χ4v) is 2.25. The van der Waals surface area contributed by atoms with Crippen LogP contribution in [0, 0.1) is 18.4 Å². The van der Waals surface area contributed by atoms with E-state index in [0.29, 0.717) is 18.8 Å². The standard InChI is InChI=1S/C19H21N3O/c1-15-6-8-17(9-7-15)13-19(22-14-20)21-11-10-16-4-3-5-18(12-16)23-2/h3-9,12H,10-11,13H2,1-2H3,(H,21,22). The molecule has 0 aliphatic rings. The molecule has 23 heavy (non-hydrogen) atoms. The number of benzene rings is 2. The number of nitriles is 1. The van der Waals surface area contributed by atoms with Gasteiger partial charge in [0.25, 0.3) is 0 Å². The number of aryl methyl sites for hydroxylation is 1. The number of ether oxygens (including phenoxy) is 1. The van der Waals surface area contributed by atoms with Crippen molar-refractivity contribution >= 4 is 5.84 Å². The molecule has 0 bridgehead atoms. The Balaban J connectivity index is 1.98. The predicted octanol–water partition coefficient (Wildman–Crippen LogP) is 3.26. The van der Waals surface area contributed by atoms with Crippen LogP contribution in [0.15, 0.2) is 53.5 Å². The Morgan fingerprint density at radius 3 is 2.65 bits per heavy atom. The molecule has 0 atom stereocenters. The zero-order valence-corrected chi connectivity index (χ0v) is 13.5. The van der Waals surface area contributed by atoms with E-state index in [4.69, 9.17) is 10.00 Å². The van der Waals surface area contributed by atoms with Gasteiger partial charge in [-0.05, 0) is 36.6 Å². The van der Waals surface area contributed by atoms with Crippen molar-refractivity contribution in [3.63, 3.8) is 0 Å². The first-order valence-corrected chi connectivity index (χ1v) is 7.58. The van der Waals surface area contributed by atoms with Gasteiger partial charge in [0, 0.05) is 13.0 Å². The van der Waals surface area contributed by atoms with Crippen LogP contribution in [0.25, 0.3) is 0 Å². The summed E-state index contributed by atoms with van der Waals surface area (Å²) in [6.07, 6.45) is 3.40. The number of amidine groups is 1. The fourth-order valence-electron chi connectivity index (χ4n) is 2.25. The smallest absolute Gasteiger partial charge is 0.182 e. The lowest BCUT2D eigenvalue weighted by Crippen LogP contribution is -2.21. The molecule has 4 heteroatoms. The molecule has 4 nitrogen and oxygen atoms in total. The van der Waals surface area contributed by atoms with Crippen LogP contribution >= 0.6 is 0 Å². The van der Waals surface area contributed by atoms with E-state index in [1.54, 1.807) is 7.11 Å². The van der Waals surface area contributed by atoms with Gasteiger partial charge in [-0.15, -0.1) is 0 Å². The molecule has 2 rings (SSSR count). The van der Waals surface area contributed by atoms with E-state index in [-0.39, 0.29) is 0 Å². The third kappa shape index (κ3) is 5.48. The van der Waals surface area contributed by atoms with Crippen LogP contribution in [-0.4, -0.2) is 19.5 Å². The Morgan fingerprint density at radius 1 is 1.17 bits per heavy atom. The maximum absolute atomic E-state index is 8.88. The summed E-state index contributed by atoms with van der Waals surface area (Å²) in [5.74, 6) is 1.54. The van der Waals surface area contributed by atoms with Crippen molar-refractivity contribution in [2.45, 2.75) is 19.8 Å². The maximum atomic E-state index is 8.88. The molecule has 0 amide bonds. The number of aliphatic imine (C=N–C) groups is 1. The van der Waals surface area contributed by atoms with Crippen molar-refractivity contribution < 1.29 is 4.74 Å². The van der Waals surface area contributed by atoms with Crippen LogP contribution in [0.3, 0.4) is 0 Å². The quantitative estimate of drug-likeness (QED) is 0.386. The van der Waals surface area contributed by atoms with Crippen LogP contribution < -0.4 is 10.1 Å². The molecule has 0 radical (unpaired) electrons. The van der Waals surface area contributed by atoms with Gasteiger partial charge in [0.15, 0.2) is 6.19 Å². The monoisotopic (exact) mass is 307 g/mol. The number of nitrogens with zero attached hydrogens (tertiary/aromatic N) is 2. The molecular weight excluding hydrogens is 286 g/mol. The molecule has 0 saturated carbocycles. The molecule has 118 valence electrons. The van der Waals surface area contributed by atoms with E-state index in [1.807, 2.05) is 24.4 Å². The topological polar surface area (TPSA) is 57.4 Å². The van der Waals surface area contributed by atoms with Crippen molar-refractivity contribution in [2.24, 2.45) is 4.99 Å². The van der Waals surface area contributed by atoms with E-state index >= 15 is 0 Å². The lowest BCUT2D eigenvalue weighted by atomic mass is 10.1. The third-order valence-electron chi connectivity index (χ3n) is 3.53. The summed E-state index contributed by atoms with van der Waals surface area (Å²) in [4.78, 5) is 4.52. The van der Waals surface area contributed by atoms with Gasteiger partial charge in [-0.1, -0.05) is 42.0 Å². The zero-order valence-electron chi connectivity index (χ0n) is 13.5. The lowest BCUT2D eigenvalue weighted by molar-refractivity contribution is 0.414. The van der Waals surface area contributed by atoms with E-state index < -0.39 is 0 Å². The first-order valence-electron chi connectivity index (χ1n) is 7.58.